The molecule has 0 aliphatic heterocycles. The van der Waals surface area contributed by atoms with E-state index < -0.39 is 0 Å². The SMILES string of the molecule is CCOc1ccccc1CNC(=O)c1ccc(Cc2c(C)noc2C)o1. The number of hydrogen-bond acceptors (Lipinski definition) is 5. The lowest BCUT2D eigenvalue weighted by atomic mass is 10.1. The van der Waals surface area contributed by atoms with Crippen LogP contribution in [0.1, 0.15) is 45.8 Å². The number of aryl methyl sites for hydroxylation is 2. The lowest BCUT2D eigenvalue weighted by molar-refractivity contribution is 0.0921. The number of nitrogens with zero attached hydrogens (tertiary/aromatic N) is 1. The minimum absolute atomic E-state index is 0.263. The van der Waals surface area contributed by atoms with Gasteiger partial charge in [0.05, 0.1) is 12.3 Å². The van der Waals surface area contributed by atoms with Crippen LogP contribution < -0.4 is 10.1 Å². The Balaban J connectivity index is 1.64. The zero-order valence-electron chi connectivity index (χ0n) is 15.2. The van der Waals surface area contributed by atoms with Crippen molar-refractivity contribution in [2.45, 2.75) is 33.7 Å². The molecule has 1 aromatic carbocycles. The number of rotatable bonds is 7. The molecule has 2 heterocycles. The van der Waals surface area contributed by atoms with Crippen molar-refractivity contribution in [2.24, 2.45) is 0 Å². The zero-order chi connectivity index (χ0) is 18.5. The number of furan rings is 1. The number of carbonyl (C=O) groups excluding carboxylic acids is 1. The summed E-state index contributed by atoms with van der Waals surface area (Å²) in [7, 11) is 0. The van der Waals surface area contributed by atoms with E-state index in [1.165, 1.54) is 0 Å². The molecular weight excluding hydrogens is 332 g/mol. The Morgan fingerprint density at radius 3 is 2.73 bits per heavy atom. The van der Waals surface area contributed by atoms with Gasteiger partial charge in [-0.2, -0.15) is 0 Å². The molecule has 0 bridgehead atoms. The molecule has 26 heavy (non-hydrogen) atoms. The molecule has 3 aromatic rings. The predicted octanol–water partition coefficient (Wildman–Crippen LogP) is 3.80. The van der Waals surface area contributed by atoms with Crippen molar-refractivity contribution in [3.05, 3.63) is 70.5 Å². The van der Waals surface area contributed by atoms with E-state index in [2.05, 4.69) is 10.5 Å². The topological polar surface area (TPSA) is 77.5 Å². The Kier molecular flexibility index (Phi) is 5.41. The molecule has 1 amide bonds. The molecule has 0 unspecified atom stereocenters. The van der Waals surface area contributed by atoms with Gasteiger partial charge in [-0.1, -0.05) is 23.4 Å². The molecule has 6 nitrogen and oxygen atoms in total. The maximum atomic E-state index is 12.4. The standard InChI is InChI=1S/C20H22N2O4/c1-4-24-18-8-6-5-7-15(18)12-21-20(23)19-10-9-16(25-19)11-17-13(2)22-26-14(17)3/h5-10H,4,11-12H2,1-3H3,(H,21,23). The van der Waals surface area contributed by atoms with Crippen molar-refractivity contribution in [3.8, 4) is 5.75 Å². The van der Waals surface area contributed by atoms with Crippen molar-refractivity contribution in [1.29, 1.82) is 0 Å². The Bertz CT molecular complexity index is 875. The molecule has 1 N–H and O–H groups in total. The van der Waals surface area contributed by atoms with Gasteiger partial charge >= 0.3 is 0 Å². The molecule has 0 saturated carbocycles. The Morgan fingerprint density at radius 1 is 1.19 bits per heavy atom. The largest absolute Gasteiger partial charge is 0.494 e. The average molecular weight is 354 g/mol. The third-order valence-electron chi connectivity index (χ3n) is 4.13. The van der Waals surface area contributed by atoms with Gasteiger partial charge in [0.15, 0.2) is 5.76 Å². The van der Waals surface area contributed by atoms with Gasteiger partial charge in [0, 0.05) is 24.1 Å². The van der Waals surface area contributed by atoms with Crippen LogP contribution in [0.25, 0.3) is 0 Å². The fourth-order valence-corrected chi connectivity index (χ4v) is 2.73. The Labute approximate surface area is 152 Å². The Morgan fingerprint density at radius 2 is 2.00 bits per heavy atom. The van der Waals surface area contributed by atoms with Crippen LogP contribution in [0, 0.1) is 13.8 Å². The summed E-state index contributed by atoms with van der Waals surface area (Å²) in [5, 5.41) is 6.80. The molecule has 0 aliphatic carbocycles. The van der Waals surface area contributed by atoms with Gasteiger partial charge in [-0.3, -0.25) is 4.79 Å². The first-order valence-electron chi connectivity index (χ1n) is 8.57. The van der Waals surface area contributed by atoms with E-state index in [0.29, 0.717) is 25.3 Å². The molecule has 2 aromatic heterocycles. The number of aromatic nitrogens is 1. The summed E-state index contributed by atoms with van der Waals surface area (Å²) in [5.74, 6) is 2.24. The molecule has 0 saturated heterocycles. The van der Waals surface area contributed by atoms with Crippen LogP contribution in [-0.4, -0.2) is 17.7 Å². The van der Waals surface area contributed by atoms with E-state index in [4.69, 9.17) is 13.7 Å². The van der Waals surface area contributed by atoms with Gasteiger partial charge in [-0.15, -0.1) is 0 Å². The van der Waals surface area contributed by atoms with Crippen LogP contribution in [-0.2, 0) is 13.0 Å². The smallest absolute Gasteiger partial charge is 0.287 e. The lowest BCUT2D eigenvalue weighted by Gasteiger charge is -2.10. The third-order valence-corrected chi connectivity index (χ3v) is 4.13. The van der Waals surface area contributed by atoms with Gasteiger partial charge in [0.2, 0.25) is 0 Å². The molecule has 0 radical (unpaired) electrons. The van der Waals surface area contributed by atoms with Crippen LogP contribution in [0.5, 0.6) is 5.75 Å². The van der Waals surface area contributed by atoms with Crippen LogP contribution in [0.15, 0.2) is 45.3 Å². The van der Waals surface area contributed by atoms with Gasteiger partial charge in [0.25, 0.3) is 5.91 Å². The first-order chi connectivity index (χ1) is 12.6. The summed E-state index contributed by atoms with van der Waals surface area (Å²) in [6.45, 7) is 6.63. The van der Waals surface area contributed by atoms with E-state index in [1.54, 1.807) is 12.1 Å². The Hall–Kier alpha value is -3.02. The summed E-state index contributed by atoms with van der Waals surface area (Å²) in [6, 6.07) is 11.1. The highest BCUT2D eigenvalue weighted by atomic mass is 16.5. The number of para-hydroxylation sites is 1. The number of carbonyl (C=O) groups is 1. The van der Waals surface area contributed by atoms with Crippen LogP contribution in [0.4, 0.5) is 0 Å². The molecule has 3 rings (SSSR count). The first-order valence-corrected chi connectivity index (χ1v) is 8.57. The van der Waals surface area contributed by atoms with Crippen LogP contribution in [0.2, 0.25) is 0 Å². The molecule has 0 atom stereocenters. The summed E-state index contributed by atoms with van der Waals surface area (Å²) >= 11 is 0. The molecule has 0 spiro atoms. The maximum absolute atomic E-state index is 12.4. The van der Waals surface area contributed by atoms with Gasteiger partial charge in [-0.05, 0) is 39.0 Å². The van der Waals surface area contributed by atoms with Crippen molar-refractivity contribution < 1.29 is 18.5 Å². The van der Waals surface area contributed by atoms with E-state index >= 15 is 0 Å². The minimum atomic E-state index is -0.263. The van der Waals surface area contributed by atoms with Gasteiger partial charge in [0.1, 0.15) is 17.3 Å². The highest BCUT2D eigenvalue weighted by molar-refractivity contribution is 5.91. The third kappa shape index (κ3) is 3.96. The fourth-order valence-electron chi connectivity index (χ4n) is 2.73. The monoisotopic (exact) mass is 354 g/mol. The molecule has 6 heteroatoms. The predicted molar refractivity (Wildman–Crippen MR) is 96.3 cm³/mol. The number of nitrogens with one attached hydrogen (secondary N) is 1. The first kappa shape index (κ1) is 17.8. The lowest BCUT2D eigenvalue weighted by Crippen LogP contribution is -2.22. The van der Waals surface area contributed by atoms with Crippen molar-refractivity contribution >= 4 is 5.91 Å². The van der Waals surface area contributed by atoms with Crippen LogP contribution >= 0.6 is 0 Å². The van der Waals surface area contributed by atoms with Crippen molar-refractivity contribution in [1.82, 2.24) is 10.5 Å². The van der Waals surface area contributed by atoms with Crippen molar-refractivity contribution in [2.75, 3.05) is 6.61 Å². The second-order valence-electron chi connectivity index (χ2n) is 5.97. The molecule has 0 fully saturated rings. The minimum Gasteiger partial charge on any atom is -0.494 e. The number of benzene rings is 1. The van der Waals surface area contributed by atoms with Crippen molar-refractivity contribution in [3.63, 3.8) is 0 Å². The molecule has 136 valence electrons. The number of amides is 1. The van der Waals surface area contributed by atoms with Crippen LogP contribution in [0.3, 0.4) is 0 Å². The highest BCUT2D eigenvalue weighted by Gasteiger charge is 2.15. The summed E-state index contributed by atoms with van der Waals surface area (Å²) in [4.78, 5) is 12.4. The van der Waals surface area contributed by atoms with E-state index in [1.807, 2.05) is 45.0 Å². The van der Waals surface area contributed by atoms with E-state index in [-0.39, 0.29) is 11.7 Å². The molecular formula is C20H22N2O4. The van der Waals surface area contributed by atoms with E-state index in [9.17, 15) is 4.79 Å². The highest BCUT2D eigenvalue weighted by Crippen LogP contribution is 2.20. The zero-order valence-corrected chi connectivity index (χ0v) is 15.2. The normalized spacial score (nSPS) is 10.7. The van der Waals surface area contributed by atoms with Gasteiger partial charge in [-0.25, -0.2) is 0 Å². The molecule has 0 aliphatic rings. The summed E-state index contributed by atoms with van der Waals surface area (Å²) < 4.78 is 16.4. The second-order valence-corrected chi connectivity index (χ2v) is 5.97. The van der Waals surface area contributed by atoms with E-state index in [0.717, 1.165) is 28.3 Å². The summed E-state index contributed by atoms with van der Waals surface area (Å²) in [5.41, 5.74) is 2.74. The summed E-state index contributed by atoms with van der Waals surface area (Å²) in [6.07, 6.45) is 0.543. The maximum Gasteiger partial charge on any atom is 0.287 e. The average Bonchev–Trinajstić information content (AvgIpc) is 3.23. The quantitative estimate of drug-likeness (QED) is 0.698. The number of ether oxygens (including phenoxy) is 1. The van der Waals surface area contributed by atoms with Gasteiger partial charge < -0.3 is 19.0 Å². The fraction of sp³-hybridized carbons (Fsp3) is 0.300. The number of hydrogen-bond donors (Lipinski definition) is 1. The second kappa shape index (κ2) is 7.91.